The molecule has 0 spiro atoms. The first-order valence-corrected chi connectivity index (χ1v) is 7.44. The molecule has 0 unspecified atom stereocenters. The monoisotopic (exact) mass is 316 g/mol. The molecule has 6 heteroatoms. The largest absolute Gasteiger partial charge is 0.478 e. The zero-order valence-electron chi connectivity index (χ0n) is 12.5. The molecule has 1 amide bonds. The van der Waals surface area contributed by atoms with Gasteiger partial charge < -0.3 is 10.4 Å². The van der Waals surface area contributed by atoms with Crippen molar-refractivity contribution in [3.8, 4) is 0 Å². The van der Waals surface area contributed by atoms with E-state index < -0.39 is 5.97 Å². The van der Waals surface area contributed by atoms with Crippen LogP contribution in [-0.2, 0) is 0 Å². The Bertz CT molecular complexity index is 763. The van der Waals surface area contributed by atoms with Gasteiger partial charge in [-0.1, -0.05) is 12.1 Å². The molecule has 22 heavy (non-hydrogen) atoms. The molecule has 1 aromatic carbocycles. The lowest BCUT2D eigenvalue weighted by molar-refractivity contribution is 0.0695. The lowest BCUT2D eigenvalue weighted by atomic mass is 10.00. The normalized spacial score (nSPS) is 10.9. The first-order valence-electron chi connectivity index (χ1n) is 6.63. The summed E-state index contributed by atoms with van der Waals surface area (Å²) in [5.74, 6) is -1.11. The Morgan fingerprint density at radius 1 is 1.23 bits per heavy atom. The molecular weight excluding hydrogens is 300 g/mol. The molecule has 0 aliphatic heterocycles. The van der Waals surface area contributed by atoms with E-state index in [2.05, 4.69) is 10.3 Å². The minimum atomic E-state index is -0.941. The van der Waals surface area contributed by atoms with Crippen molar-refractivity contribution in [1.29, 1.82) is 0 Å². The van der Waals surface area contributed by atoms with E-state index in [1.807, 2.05) is 19.1 Å². The number of aromatic carboxylic acids is 1. The smallest absolute Gasteiger partial charge is 0.335 e. The van der Waals surface area contributed by atoms with Crippen molar-refractivity contribution in [3.63, 3.8) is 0 Å². The molecule has 0 aliphatic rings. The Balaban J connectivity index is 2.30. The van der Waals surface area contributed by atoms with Crippen LogP contribution >= 0.6 is 11.3 Å². The molecule has 2 N–H and O–H groups in total. The van der Waals surface area contributed by atoms with Crippen LogP contribution in [0.15, 0.2) is 18.3 Å². The van der Waals surface area contributed by atoms with Crippen LogP contribution in [0.2, 0.25) is 0 Å². The second-order valence-corrected chi connectivity index (χ2v) is 5.87. The Labute approximate surface area is 132 Å². The summed E-state index contributed by atoms with van der Waals surface area (Å²) in [4.78, 5) is 27.4. The highest BCUT2D eigenvalue weighted by atomic mass is 32.1. The van der Waals surface area contributed by atoms with E-state index in [1.54, 1.807) is 26.1 Å². The van der Waals surface area contributed by atoms with Crippen LogP contribution in [0.1, 0.15) is 41.7 Å². The van der Waals surface area contributed by atoms with Gasteiger partial charge in [0.1, 0.15) is 9.88 Å². The van der Waals surface area contributed by atoms with Gasteiger partial charge in [-0.3, -0.25) is 4.79 Å². The lowest BCUT2D eigenvalue weighted by Gasteiger charge is -2.06. The predicted octanol–water partition coefficient (Wildman–Crippen LogP) is 2.99. The van der Waals surface area contributed by atoms with E-state index in [9.17, 15) is 14.7 Å². The average Bonchev–Trinajstić information content (AvgIpc) is 2.94. The summed E-state index contributed by atoms with van der Waals surface area (Å²) in [6.07, 6.45) is 5.11. The maximum absolute atomic E-state index is 11.5. The van der Waals surface area contributed by atoms with Crippen molar-refractivity contribution in [2.75, 3.05) is 7.05 Å². The van der Waals surface area contributed by atoms with Crippen LogP contribution in [0.4, 0.5) is 0 Å². The van der Waals surface area contributed by atoms with Gasteiger partial charge in [-0.2, -0.15) is 0 Å². The number of nitrogens with zero attached hydrogens (tertiary/aromatic N) is 1. The van der Waals surface area contributed by atoms with Gasteiger partial charge in [0.05, 0.1) is 11.8 Å². The quantitative estimate of drug-likeness (QED) is 0.909. The Kier molecular flexibility index (Phi) is 4.72. The van der Waals surface area contributed by atoms with Gasteiger partial charge in [-0.15, -0.1) is 11.3 Å². The molecule has 2 rings (SSSR count). The maximum Gasteiger partial charge on any atom is 0.335 e. The van der Waals surface area contributed by atoms with E-state index in [4.69, 9.17) is 0 Å². The molecule has 5 nitrogen and oxygen atoms in total. The van der Waals surface area contributed by atoms with Crippen LogP contribution < -0.4 is 5.32 Å². The summed E-state index contributed by atoms with van der Waals surface area (Å²) < 4.78 is 0. The van der Waals surface area contributed by atoms with E-state index in [0.717, 1.165) is 16.7 Å². The number of benzene rings is 1. The number of carboxylic acids is 1. The third-order valence-corrected chi connectivity index (χ3v) is 4.18. The van der Waals surface area contributed by atoms with E-state index in [0.29, 0.717) is 9.88 Å². The molecule has 1 aromatic heterocycles. The van der Waals surface area contributed by atoms with Crippen molar-refractivity contribution in [2.24, 2.45) is 0 Å². The van der Waals surface area contributed by atoms with Gasteiger partial charge >= 0.3 is 5.97 Å². The van der Waals surface area contributed by atoms with E-state index in [-0.39, 0.29) is 11.5 Å². The number of hydrogen-bond acceptors (Lipinski definition) is 4. The summed E-state index contributed by atoms with van der Waals surface area (Å²) in [6, 6.07) is 3.50. The van der Waals surface area contributed by atoms with Crippen LogP contribution in [0.5, 0.6) is 0 Å². The SMILES string of the molecule is CNC(=O)c1cnc(/C=C/c2cc(C(=O)O)c(C)cc2C)s1. The fourth-order valence-electron chi connectivity index (χ4n) is 2.03. The molecule has 0 aliphatic carbocycles. The summed E-state index contributed by atoms with van der Waals surface area (Å²) in [5, 5.41) is 12.4. The fourth-order valence-corrected chi connectivity index (χ4v) is 2.80. The highest BCUT2D eigenvalue weighted by Crippen LogP contribution is 2.20. The summed E-state index contributed by atoms with van der Waals surface area (Å²) >= 11 is 1.28. The Hall–Kier alpha value is -2.47. The molecule has 0 radical (unpaired) electrons. The molecule has 0 saturated carbocycles. The fraction of sp³-hybridized carbons (Fsp3) is 0.188. The Morgan fingerprint density at radius 2 is 1.95 bits per heavy atom. The third-order valence-electron chi connectivity index (χ3n) is 3.22. The molecule has 0 saturated heterocycles. The minimum absolute atomic E-state index is 0.170. The van der Waals surface area contributed by atoms with Gasteiger partial charge in [0.15, 0.2) is 0 Å². The molecule has 0 bridgehead atoms. The number of amides is 1. The summed E-state index contributed by atoms with van der Waals surface area (Å²) in [7, 11) is 1.57. The van der Waals surface area contributed by atoms with Crippen molar-refractivity contribution in [2.45, 2.75) is 13.8 Å². The van der Waals surface area contributed by atoms with Gasteiger partial charge in [-0.05, 0) is 42.7 Å². The van der Waals surface area contributed by atoms with Gasteiger partial charge in [0.25, 0.3) is 5.91 Å². The van der Waals surface area contributed by atoms with E-state index in [1.165, 1.54) is 17.5 Å². The number of carbonyl (C=O) groups is 2. The number of aromatic nitrogens is 1. The number of aryl methyl sites for hydroxylation is 2. The van der Waals surface area contributed by atoms with Crippen molar-refractivity contribution < 1.29 is 14.7 Å². The molecule has 114 valence electrons. The number of nitrogens with one attached hydrogen (secondary N) is 1. The van der Waals surface area contributed by atoms with Gasteiger partial charge in [0.2, 0.25) is 0 Å². The number of hydrogen-bond donors (Lipinski definition) is 2. The highest BCUT2D eigenvalue weighted by molar-refractivity contribution is 7.14. The van der Waals surface area contributed by atoms with Gasteiger partial charge in [0, 0.05) is 7.05 Å². The van der Waals surface area contributed by atoms with Crippen LogP contribution in [-0.4, -0.2) is 29.0 Å². The van der Waals surface area contributed by atoms with Crippen LogP contribution in [0, 0.1) is 13.8 Å². The first kappa shape index (κ1) is 15.9. The molecule has 0 fully saturated rings. The van der Waals surface area contributed by atoms with Crippen LogP contribution in [0.25, 0.3) is 12.2 Å². The molecular formula is C16H16N2O3S. The summed E-state index contributed by atoms with van der Waals surface area (Å²) in [6.45, 7) is 3.70. The zero-order valence-corrected chi connectivity index (χ0v) is 13.3. The standard InChI is InChI=1S/C16H16N2O3S/c1-9-6-10(2)12(16(20)21)7-11(9)4-5-14-18-8-13(22-14)15(19)17-3/h4-8H,1-3H3,(H,17,19)(H,20,21)/b5-4+. The average molecular weight is 316 g/mol. The number of carboxylic acid groups (broad SMARTS) is 1. The second kappa shape index (κ2) is 6.53. The second-order valence-electron chi connectivity index (χ2n) is 4.80. The maximum atomic E-state index is 11.5. The third kappa shape index (κ3) is 3.40. The highest BCUT2D eigenvalue weighted by Gasteiger charge is 2.10. The summed E-state index contributed by atoms with van der Waals surface area (Å²) in [5.41, 5.74) is 2.83. The van der Waals surface area contributed by atoms with Crippen molar-refractivity contribution in [3.05, 3.63) is 50.5 Å². The minimum Gasteiger partial charge on any atom is -0.478 e. The van der Waals surface area contributed by atoms with Gasteiger partial charge in [-0.25, -0.2) is 9.78 Å². The first-order chi connectivity index (χ1) is 10.4. The predicted molar refractivity (Wildman–Crippen MR) is 87.3 cm³/mol. The number of rotatable bonds is 4. The number of thiazole rings is 1. The lowest BCUT2D eigenvalue weighted by Crippen LogP contribution is -2.16. The van der Waals surface area contributed by atoms with Crippen molar-refractivity contribution >= 4 is 35.4 Å². The van der Waals surface area contributed by atoms with Crippen LogP contribution in [0.3, 0.4) is 0 Å². The molecule has 0 atom stereocenters. The Morgan fingerprint density at radius 3 is 2.59 bits per heavy atom. The number of carbonyl (C=O) groups excluding carboxylic acids is 1. The molecule has 2 aromatic rings. The van der Waals surface area contributed by atoms with Crippen molar-refractivity contribution in [1.82, 2.24) is 10.3 Å². The topological polar surface area (TPSA) is 79.3 Å². The zero-order chi connectivity index (χ0) is 16.3. The molecule has 1 heterocycles. The van der Waals surface area contributed by atoms with E-state index >= 15 is 0 Å².